The van der Waals surface area contributed by atoms with Crippen LogP contribution in [-0.4, -0.2) is 62.7 Å². The summed E-state index contributed by atoms with van der Waals surface area (Å²) in [5.41, 5.74) is 1.28. The molecular formula is C21H30ClIN6. The van der Waals surface area contributed by atoms with Crippen molar-refractivity contribution >= 4 is 47.4 Å². The van der Waals surface area contributed by atoms with E-state index in [9.17, 15) is 0 Å². The molecule has 2 aromatic rings. The maximum absolute atomic E-state index is 6.29. The van der Waals surface area contributed by atoms with E-state index in [1.54, 1.807) is 6.20 Å². The molecule has 3 rings (SSSR count). The van der Waals surface area contributed by atoms with E-state index in [0.29, 0.717) is 11.1 Å². The molecule has 158 valence electrons. The van der Waals surface area contributed by atoms with Gasteiger partial charge in [-0.1, -0.05) is 41.9 Å². The van der Waals surface area contributed by atoms with Gasteiger partial charge < -0.3 is 20.4 Å². The monoisotopic (exact) mass is 528 g/mol. The highest BCUT2D eigenvalue weighted by molar-refractivity contribution is 14.0. The minimum absolute atomic E-state index is 0. The number of nitrogens with one attached hydrogen (secondary N) is 2. The average Bonchev–Trinajstić information content (AvgIpc) is 3.16. The SMILES string of the molecule is CN=C(NCC(c1ccccc1)N(C)C)NC1CCN(c2ncccc2Cl)C1.I. The van der Waals surface area contributed by atoms with E-state index in [-0.39, 0.29) is 30.0 Å². The fourth-order valence-electron chi connectivity index (χ4n) is 3.54. The molecule has 2 N–H and O–H groups in total. The van der Waals surface area contributed by atoms with Gasteiger partial charge in [-0.2, -0.15) is 0 Å². The molecule has 0 saturated carbocycles. The van der Waals surface area contributed by atoms with Crippen molar-refractivity contribution in [3.05, 3.63) is 59.2 Å². The van der Waals surface area contributed by atoms with Crippen LogP contribution < -0.4 is 15.5 Å². The predicted molar refractivity (Wildman–Crippen MR) is 133 cm³/mol. The third kappa shape index (κ3) is 6.45. The van der Waals surface area contributed by atoms with Crippen molar-refractivity contribution in [2.45, 2.75) is 18.5 Å². The van der Waals surface area contributed by atoms with Crippen LogP contribution in [0.25, 0.3) is 0 Å². The van der Waals surface area contributed by atoms with Crippen molar-refractivity contribution in [2.75, 3.05) is 45.7 Å². The first kappa shape index (κ1) is 23.7. The smallest absolute Gasteiger partial charge is 0.191 e. The maximum atomic E-state index is 6.29. The predicted octanol–water partition coefficient (Wildman–Crippen LogP) is 3.40. The molecule has 0 amide bonds. The number of rotatable bonds is 6. The minimum Gasteiger partial charge on any atom is -0.354 e. The molecule has 0 radical (unpaired) electrons. The topological polar surface area (TPSA) is 55.8 Å². The second-order valence-electron chi connectivity index (χ2n) is 7.23. The first-order valence-electron chi connectivity index (χ1n) is 9.62. The van der Waals surface area contributed by atoms with Gasteiger partial charge in [-0.25, -0.2) is 4.98 Å². The molecule has 2 atom stereocenters. The van der Waals surface area contributed by atoms with Gasteiger partial charge in [0.25, 0.3) is 0 Å². The number of halogens is 2. The van der Waals surface area contributed by atoms with E-state index in [1.165, 1.54) is 5.56 Å². The Kier molecular flexibility index (Phi) is 9.45. The second-order valence-corrected chi connectivity index (χ2v) is 7.64. The molecule has 1 aromatic carbocycles. The molecular weight excluding hydrogens is 499 g/mol. The second kappa shape index (κ2) is 11.6. The van der Waals surface area contributed by atoms with E-state index < -0.39 is 0 Å². The standard InChI is InChI=1S/C21H29ClN6.HI/c1-23-21(25-14-19(27(2)3)16-8-5-4-6-9-16)26-17-11-13-28(15-17)20-18(22)10-7-12-24-20;/h4-10,12,17,19H,11,13-15H2,1-3H3,(H2,23,25,26);1H. The number of aromatic nitrogens is 1. The summed E-state index contributed by atoms with van der Waals surface area (Å²) in [6.45, 7) is 2.56. The Morgan fingerprint density at radius 2 is 2.03 bits per heavy atom. The van der Waals surface area contributed by atoms with Crippen LogP contribution in [0.1, 0.15) is 18.0 Å². The van der Waals surface area contributed by atoms with Crippen LogP contribution in [0.4, 0.5) is 5.82 Å². The van der Waals surface area contributed by atoms with Gasteiger partial charge in [0, 0.05) is 38.9 Å². The van der Waals surface area contributed by atoms with Crippen molar-refractivity contribution < 1.29 is 0 Å². The van der Waals surface area contributed by atoms with Gasteiger partial charge >= 0.3 is 0 Å². The molecule has 29 heavy (non-hydrogen) atoms. The minimum atomic E-state index is 0. The molecule has 1 aromatic heterocycles. The molecule has 0 spiro atoms. The number of nitrogens with zero attached hydrogens (tertiary/aromatic N) is 4. The summed E-state index contributed by atoms with van der Waals surface area (Å²) >= 11 is 6.29. The van der Waals surface area contributed by atoms with E-state index in [1.807, 2.05) is 25.2 Å². The molecule has 2 heterocycles. The van der Waals surface area contributed by atoms with Crippen molar-refractivity contribution in [1.82, 2.24) is 20.5 Å². The first-order valence-corrected chi connectivity index (χ1v) is 10.00. The Labute approximate surface area is 195 Å². The number of pyridine rings is 1. The van der Waals surface area contributed by atoms with E-state index in [0.717, 1.165) is 37.8 Å². The van der Waals surface area contributed by atoms with Crippen molar-refractivity contribution in [1.29, 1.82) is 0 Å². The Morgan fingerprint density at radius 3 is 2.69 bits per heavy atom. The molecule has 6 nitrogen and oxygen atoms in total. The Morgan fingerprint density at radius 1 is 1.28 bits per heavy atom. The van der Waals surface area contributed by atoms with Crippen molar-refractivity contribution in [2.24, 2.45) is 4.99 Å². The normalized spacial score (nSPS) is 17.8. The summed E-state index contributed by atoms with van der Waals surface area (Å²) in [6, 6.07) is 14.8. The van der Waals surface area contributed by atoms with Crippen LogP contribution in [-0.2, 0) is 0 Å². The lowest BCUT2D eigenvalue weighted by molar-refractivity contribution is 0.298. The zero-order valence-corrected chi connectivity index (χ0v) is 20.3. The van der Waals surface area contributed by atoms with Gasteiger partial charge in [0.05, 0.1) is 11.1 Å². The lowest BCUT2D eigenvalue weighted by Gasteiger charge is -2.27. The number of guanidine groups is 1. The van der Waals surface area contributed by atoms with Crippen LogP contribution in [0.5, 0.6) is 0 Å². The highest BCUT2D eigenvalue weighted by Gasteiger charge is 2.25. The number of benzene rings is 1. The number of anilines is 1. The van der Waals surface area contributed by atoms with Gasteiger partial charge in [0.1, 0.15) is 5.82 Å². The third-order valence-corrected chi connectivity index (χ3v) is 5.36. The van der Waals surface area contributed by atoms with Gasteiger partial charge in [0.15, 0.2) is 5.96 Å². The molecule has 2 unspecified atom stereocenters. The van der Waals surface area contributed by atoms with Gasteiger partial charge in [-0.3, -0.25) is 4.99 Å². The summed E-state index contributed by atoms with van der Waals surface area (Å²) in [7, 11) is 6.01. The lowest BCUT2D eigenvalue weighted by Crippen LogP contribution is -2.46. The van der Waals surface area contributed by atoms with Crippen molar-refractivity contribution in [3.63, 3.8) is 0 Å². The molecule has 1 aliphatic heterocycles. The van der Waals surface area contributed by atoms with Crippen LogP contribution in [0.3, 0.4) is 0 Å². The van der Waals surface area contributed by atoms with E-state index in [4.69, 9.17) is 11.6 Å². The molecule has 1 saturated heterocycles. The highest BCUT2D eigenvalue weighted by Crippen LogP contribution is 2.25. The van der Waals surface area contributed by atoms with Gasteiger partial charge in [-0.15, -0.1) is 24.0 Å². The Balaban J connectivity index is 0.00000300. The summed E-state index contributed by atoms with van der Waals surface area (Å²) in [5, 5.41) is 7.71. The number of hydrogen-bond acceptors (Lipinski definition) is 4. The van der Waals surface area contributed by atoms with E-state index in [2.05, 4.69) is 68.8 Å². The summed E-state index contributed by atoms with van der Waals surface area (Å²) in [6.07, 6.45) is 2.80. The quantitative estimate of drug-likeness (QED) is 0.342. The van der Waals surface area contributed by atoms with Gasteiger partial charge in [0.2, 0.25) is 0 Å². The van der Waals surface area contributed by atoms with Gasteiger partial charge in [-0.05, 0) is 38.2 Å². The fraction of sp³-hybridized carbons (Fsp3) is 0.429. The van der Waals surface area contributed by atoms with Crippen LogP contribution >= 0.6 is 35.6 Å². The summed E-state index contributed by atoms with van der Waals surface area (Å²) < 4.78 is 0. The molecule has 0 bridgehead atoms. The highest BCUT2D eigenvalue weighted by atomic mass is 127. The van der Waals surface area contributed by atoms with Crippen LogP contribution in [0, 0.1) is 0 Å². The Hall–Kier alpha value is -1.58. The maximum Gasteiger partial charge on any atom is 0.191 e. The Bertz CT molecular complexity index is 786. The first-order chi connectivity index (χ1) is 13.6. The van der Waals surface area contributed by atoms with Crippen molar-refractivity contribution in [3.8, 4) is 0 Å². The lowest BCUT2D eigenvalue weighted by atomic mass is 10.1. The molecule has 0 aliphatic carbocycles. The third-order valence-electron chi connectivity index (χ3n) is 5.06. The van der Waals surface area contributed by atoms with Crippen LogP contribution in [0.2, 0.25) is 5.02 Å². The summed E-state index contributed by atoms with van der Waals surface area (Å²) in [5.74, 6) is 1.68. The zero-order chi connectivity index (χ0) is 19.9. The van der Waals surface area contributed by atoms with Crippen LogP contribution in [0.15, 0.2) is 53.7 Å². The number of likely N-dealkylation sites (N-methyl/N-ethyl adjacent to an activating group) is 1. The van der Waals surface area contributed by atoms with E-state index >= 15 is 0 Å². The number of aliphatic imine (C=N–C) groups is 1. The largest absolute Gasteiger partial charge is 0.354 e. The molecule has 1 aliphatic rings. The summed E-state index contributed by atoms with van der Waals surface area (Å²) in [4.78, 5) is 13.3. The average molecular weight is 529 g/mol. The fourth-order valence-corrected chi connectivity index (χ4v) is 3.78. The zero-order valence-electron chi connectivity index (χ0n) is 17.2. The molecule has 8 heteroatoms. The molecule has 1 fully saturated rings. The number of hydrogen-bond donors (Lipinski definition) is 2.